The van der Waals surface area contributed by atoms with Gasteiger partial charge in [-0.3, -0.25) is 0 Å². The van der Waals surface area contributed by atoms with Crippen LogP contribution in [0.25, 0.3) is 0 Å². The van der Waals surface area contributed by atoms with Crippen LogP contribution < -0.4 is 10.2 Å². The summed E-state index contributed by atoms with van der Waals surface area (Å²) in [6.07, 6.45) is 3.23. The van der Waals surface area contributed by atoms with Crippen molar-refractivity contribution in [3.05, 3.63) is 11.9 Å². The Morgan fingerprint density at radius 2 is 2.06 bits per heavy atom. The molecule has 1 rings (SSSR count). The lowest BCUT2D eigenvalue weighted by Crippen LogP contribution is -2.29. The third-order valence-electron chi connectivity index (χ3n) is 3.06. The maximum atomic E-state index is 4.58. The minimum Gasteiger partial charge on any atom is -0.373 e. The molecule has 96 valence electrons. The average Bonchev–Trinajstić information content (AvgIpc) is 2.37. The van der Waals surface area contributed by atoms with Gasteiger partial charge >= 0.3 is 0 Å². The first-order chi connectivity index (χ1) is 8.12. The molecule has 1 atom stereocenters. The maximum absolute atomic E-state index is 4.58. The molecule has 1 aromatic heterocycles. The van der Waals surface area contributed by atoms with E-state index in [4.69, 9.17) is 0 Å². The quantitative estimate of drug-likeness (QED) is 0.824. The van der Waals surface area contributed by atoms with Gasteiger partial charge in [0.25, 0.3) is 0 Å². The average molecular weight is 236 g/mol. The normalized spacial score (nSPS) is 12.3. The number of nitrogens with zero attached hydrogens (tertiary/aromatic N) is 3. The van der Waals surface area contributed by atoms with Crippen molar-refractivity contribution in [1.82, 2.24) is 9.97 Å². The summed E-state index contributed by atoms with van der Waals surface area (Å²) in [7, 11) is 3.99. The molecule has 4 nitrogen and oxygen atoms in total. The summed E-state index contributed by atoms with van der Waals surface area (Å²) in [5.74, 6) is 2.78. The van der Waals surface area contributed by atoms with Gasteiger partial charge in [-0.2, -0.15) is 0 Å². The molecule has 17 heavy (non-hydrogen) atoms. The second-order valence-corrected chi connectivity index (χ2v) is 4.38. The van der Waals surface area contributed by atoms with Crippen molar-refractivity contribution in [3.8, 4) is 0 Å². The van der Waals surface area contributed by atoms with E-state index in [1.807, 2.05) is 13.1 Å². The molecule has 1 N–H and O–H groups in total. The predicted molar refractivity (Wildman–Crippen MR) is 73.7 cm³/mol. The summed E-state index contributed by atoms with van der Waals surface area (Å²) in [5.41, 5.74) is 0. The smallest absolute Gasteiger partial charge is 0.134 e. The minimum atomic E-state index is 0.504. The largest absolute Gasteiger partial charge is 0.373 e. The number of hydrogen-bond acceptors (Lipinski definition) is 4. The first-order valence-electron chi connectivity index (χ1n) is 6.40. The van der Waals surface area contributed by atoms with Crippen LogP contribution in [-0.4, -0.2) is 30.1 Å². The van der Waals surface area contributed by atoms with E-state index in [1.165, 1.54) is 12.8 Å². The van der Waals surface area contributed by atoms with Crippen molar-refractivity contribution in [2.45, 2.75) is 46.1 Å². The third kappa shape index (κ3) is 3.58. The molecule has 1 unspecified atom stereocenters. The summed E-state index contributed by atoms with van der Waals surface area (Å²) < 4.78 is 0. The lowest BCUT2D eigenvalue weighted by Gasteiger charge is -2.26. The highest BCUT2D eigenvalue weighted by molar-refractivity contribution is 5.49. The Hall–Kier alpha value is -1.32. The van der Waals surface area contributed by atoms with E-state index in [9.17, 15) is 0 Å². The molecule has 1 heterocycles. The lowest BCUT2D eigenvalue weighted by molar-refractivity contribution is 0.609. The zero-order chi connectivity index (χ0) is 12.8. The number of anilines is 2. The van der Waals surface area contributed by atoms with Gasteiger partial charge in [0.1, 0.15) is 17.5 Å². The van der Waals surface area contributed by atoms with E-state index in [-0.39, 0.29) is 0 Å². The van der Waals surface area contributed by atoms with Gasteiger partial charge in [-0.15, -0.1) is 0 Å². The molecule has 0 saturated heterocycles. The van der Waals surface area contributed by atoms with Crippen molar-refractivity contribution >= 4 is 11.6 Å². The number of aromatic nitrogens is 2. The Morgan fingerprint density at radius 3 is 2.59 bits per heavy atom. The zero-order valence-electron chi connectivity index (χ0n) is 11.6. The van der Waals surface area contributed by atoms with Crippen LogP contribution in [0.15, 0.2) is 6.07 Å². The fourth-order valence-electron chi connectivity index (χ4n) is 1.79. The predicted octanol–water partition coefficient (Wildman–Crippen LogP) is 2.71. The molecule has 0 aliphatic carbocycles. The fraction of sp³-hybridized carbons (Fsp3) is 0.692. The molecule has 0 bridgehead atoms. The van der Waals surface area contributed by atoms with E-state index in [2.05, 4.69) is 48.0 Å². The molecule has 4 heteroatoms. The van der Waals surface area contributed by atoms with E-state index >= 15 is 0 Å². The second kappa shape index (κ2) is 6.42. The van der Waals surface area contributed by atoms with Crippen LogP contribution in [0.4, 0.5) is 11.6 Å². The Labute approximate surface area is 104 Å². The van der Waals surface area contributed by atoms with Crippen LogP contribution in [0.3, 0.4) is 0 Å². The molecule has 0 amide bonds. The van der Waals surface area contributed by atoms with Crippen molar-refractivity contribution in [2.75, 3.05) is 24.3 Å². The molecular formula is C13H24N4. The summed E-state index contributed by atoms with van der Waals surface area (Å²) in [6, 6.07) is 2.51. The summed E-state index contributed by atoms with van der Waals surface area (Å²) in [5, 5.41) is 3.09. The third-order valence-corrected chi connectivity index (χ3v) is 3.06. The number of aryl methyl sites for hydroxylation is 1. The standard InChI is InChI=1S/C13H24N4/c1-6-8-10(3)17(5)13-9-12(14-4)15-11(7-2)16-13/h9-10H,6-8H2,1-5H3,(H,14,15,16). The highest BCUT2D eigenvalue weighted by Crippen LogP contribution is 2.18. The molecule has 0 aliphatic rings. The molecule has 0 radical (unpaired) electrons. The summed E-state index contributed by atoms with van der Waals surface area (Å²) in [4.78, 5) is 11.2. The molecule has 0 spiro atoms. The lowest BCUT2D eigenvalue weighted by atomic mass is 10.2. The Bertz CT molecular complexity index is 329. The molecule has 0 aromatic carbocycles. The molecule has 0 fully saturated rings. The van der Waals surface area contributed by atoms with Crippen LogP contribution in [0, 0.1) is 0 Å². The highest BCUT2D eigenvalue weighted by atomic mass is 15.2. The van der Waals surface area contributed by atoms with Crippen molar-refractivity contribution < 1.29 is 0 Å². The second-order valence-electron chi connectivity index (χ2n) is 4.38. The van der Waals surface area contributed by atoms with Gasteiger partial charge in [-0.25, -0.2) is 9.97 Å². The summed E-state index contributed by atoms with van der Waals surface area (Å²) >= 11 is 0. The van der Waals surface area contributed by atoms with Gasteiger partial charge < -0.3 is 10.2 Å². The van der Waals surface area contributed by atoms with Crippen LogP contribution >= 0.6 is 0 Å². The number of hydrogen-bond donors (Lipinski definition) is 1. The first-order valence-corrected chi connectivity index (χ1v) is 6.40. The zero-order valence-corrected chi connectivity index (χ0v) is 11.6. The van der Waals surface area contributed by atoms with Crippen LogP contribution in [0.2, 0.25) is 0 Å². The van der Waals surface area contributed by atoms with E-state index in [0.29, 0.717) is 6.04 Å². The van der Waals surface area contributed by atoms with Crippen LogP contribution in [0.1, 0.15) is 39.4 Å². The van der Waals surface area contributed by atoms with E-state index in [0.717, 1.165) is 23.9 Å². The monoisotopic (exact) mass is 236 g/mol. The van der Waals surface area contributed by atoms with E-state index in [1.54, 1.807) is 0 Å². The van der Waals surface area contributed by atoms with Crippen LogP contribution in [-0.2, 0) is 6.42 Å². The van der Waals surface area contributed by atoms with Gasteiger partial charge in [0.05, 0.1) is 0 Å². The topological polar surface area (TPSA) is 41.0 Å². The van der Waals surface area contributed by atoms with Gasteiger partial charge in [0, 0.05) is 32.6 Å². The fourth-order valence-corrected chi connectivity index (χ4v) is 1.79. The molecule has 0 saturated carbocycles. The number of rotatable bonds is 6. The van der Waals surface area contributed by atoms with E-state index < -0.39 is 0 Å². The molecular weight excluding hydrogens is 212 g/mol. The van der Waals surface area contributed by atoms with Gasteiger partial charge in [-0.1, -0.05) is 20.3 Å². The van der Waals surface area contributed by atoms with Gasteiger partial charge in [0.2, 0.25) is 0 Å². The molecule has 0 aliphatic heterocycles. The maximum Gasteiger partial charge on any atom is 0.134 e. The molecule has 1 aromatic rings. The van der Waals surface area contributed by atoms with Gasteiger partial charge in [-0.05, 0) is 13.3 Å². The number of nitrogens with one attached hydrogen (secondary N) is 1. The van der Waals surface area contributed by atoms with Crippen molar-refractivity contribution in [3.63, 3.8) is 0 Å². The summed E-state index contributed by atoms with van der Waals surface area (Å²) in [6.45, 7) is 6.52. The van der Waals surface area contributed by atoms with Crippen molar-refractivity contribution in [2.24, 2.45) is 0 Å². The minimum absolute atomic E-state index is 0.504. The Morgan fingerprint density at radius 1 is 1.35 bits per heavy atom. The Balaban J connectivity index is 2.95. The van der Waals surface area contributed by atoms with Crippen molar-refractivity contribution in [1.29, 1.82) is 0 Å². The Kier molecular flexibility index (Phi) is 5.19. The highest BCUT2D eigenvalue weighted by Gasteiger charge is 2.12. The SMILES string of the molecule is CCCC(C)N(C)c1cc(NC)nc(CC)n1. The van der Waals surface area contributed by atoms with Gasteiger partial charge in [0.15, 0.2) is 0 Å². The first kappa shape index (κ1) is 13.7. The van der Waals surface area contributed by atoms with Crippen LogP contribution in [0.5, 0.6) is 0 Å².